The van der Waals surface area contributed by atoms with Crippen LogP contribution in [0.3, 0.4) is 0 Å². The molecule has 0 unspecified atom stereocenters. The maximum absolute atomic E-state index is 13.4. The van der Waals surface area contributed by atoms with Crippen molar-refractivity contribution in [3.05, 3.63) is 130 Å². The molecular weight excluding hydrogens is 1180 g/mol. The van der Waals surface area contributed by atoms with Crippen molar-refractivity contribution in [2.75, 3.05) is 0 Å². The molecule has 28 heteroatoms. The Morgan fingerprint density at radius 2 is 0.671 bits per heavy atom. The Hall–Kier alpha value is -9.12. The number of nitrogens with one attached hydrogen (secondary N) is 8. The van der Waals surface area contributed by atoms with Crippen LogP contribution in [-0.2, 0) is 60.8 Å². The fourth-order valence-corrected chi connectivity index (χ4v) is 12.1. The van der Waals surface area contributed by atoms with Crippen LogP contribution < -0.4 is 42.5 Å². The first-order chi connectivity index (χ1) is 40.3. The third-order valence-corrected chi connectivity index (χ3v) is 17.6. The van der Waals surface area contributed by atoms with Crippen LogP contribution in [0.5, 0.6) is 0 Å². The van der Waals surface area contributed by atoms with E-state index >= 15 is 0 Å². The zero-order valence-electron chi connectivity index (χ0n) is 45.9. The third kappa shape index (κ3) is 19.2. The molecule has 6 aromatic rings. The lowest BCUT2D eigenvalue weighted by atomic mass is 10.0. The van der Waals surface area contributed by atoms with Crippen LogP contribution in [0.25, 0.3) is 29.3 Å². The average molecular weight is 1240 g/mol. The molecule has 6 rings (SSSR count). The molecule has 8 amide bonds. The molecule has 4 aromatic heterocycles. The van der Waals surface area contributed by atoms with Gasteiger partial charge in [-0.25, -0.2) is 9.59 Å². The standard InChI is InChI=1S/C57H60N8O16S4/c1-28(48(70)58-30(3)50(72)62-34(16-15-32-11-7-5-8-12-32)52(74)64-36(56(78)79)26-46(66)67)60-54(76)44-23-21-42(84-44)40-19-17-38(82-40)39-18-20-41(83-39)43-22-24-45(85-43)55(77)61-29(2)49(71)59-31(4)51(73)63-35(25-33-13-9-6-10-14-33)53(75)65-37(57(80)81)27-47(68)69/h5-14,17-24,28-31,34-37H,15-16,25-27H2,1-4H3,(H,58,70)(H,59,71)(H,60,76)(H,61,77)(H,62,72)(H,63,73)(H,64,74)(H,65,75)(H,66,67)(H,68,69)(H,78,79)(H,80,81)/t28-,29+,30-,31+,34-,35+,36-,37+/m1/s1. The topological polar surface area (TPSA) is 382 Å². The first kappa shape index (κ1) is 65.0. The van der Waals surface area contributed by atoms with Crippen LogP contribution in [0.2, 0.25) is 0 Å². The summed E-state index contributed by atoms with van der Waals surface area (Å²) in [6.45, 7) is 5.56. The normalized spacial score (nSPS) is 13.8. The molecule has 0 spiro atoms. The number of carboxylic acid groups (broad SMARTS) is 4. The number of hydrogen-bond donors (Lipinski definition) is 12. The van der Waals surface area contributed by atoms with Gasteiger partial charge >= 0.3 is 23.9 Å². The molecule has 24 nitrogen and oxygen atoms in total. The number of hydrogen-bond acceptors (Lipinski definition) is 16. The number of aryl methyl sites for hydroxylation is 1. The minimum Gasteiger partial charge on any atom is -0.481 e. The molecule has 0 saturated carbocycles. The zero-order valence-corrected chi connectivity index (χ0v) is 49.1. The second-order valence-corrected chi connectivity index (χ2v) is 23.7. The van der Waals surface area contributed by atoms with E-state index in [1.165, 1.54) is 73.0 Å². The summed E-state index contributed by atoms with van der Waals surface area (Å²) >= 11 is 5.36. The van der Waals surface area contributed by atoms with Crippen molar-refractivity contribution < 1.29 is 78.0 Å². The Morgan fingerprint density at radius 1 is 0.353 bits per heavy atom. The highest BCUT2D eigenvalue weighted by Gasteiger charge is 2.33. The van der Waals surface area contributed by atoms with Crippen molar-refractivity contribution in [3.8, 4) is 29.3 Å². The summed E-state index contributed by atoms with van der Waals surface area (Å²) in [5, 5.41) is 56.8. The molecule has 0 aliphatic rings. The molecule has 0 radical (unpaired) electrons. The lowest BCUT2D eigenvalue weighted by molar-refractivity contribution is -0.147. The molecule has 2 aromatic carbocycles. The molecule has 0 fully saturated rings. The number of benzene rings is 2. The lowest BCUT2D eigenvalue weighted by Crippen LogP contribution is -2.57. The van der Waals surface area contributed by atoms with Gasteiger partial charge in [0.25, 0.3) is 11.8 Å². The van der Waals surface area contributed by atoms with Crippen molar-refractivity contribution in [1.82, 2.24) is 42.5 Å². The second-order valence-electron chi connectivity index (χ2n) is 19.3. The van der Waals surface area contributed by atoms with E-state index in [1.54, 1.807) is 84.9 Å². The summed E-state index contributed by atoms with van der Waals surface area (Å²) in [5.41, 5.74) is 1.41. The number of thiophene rings is 4. The molecule has 0 saturated heterocycles. The van der Waals surface area contributed by atoms with Crippen molar-refractivity contribution in [3.63, 3.8) is 0 Å². The van der Waals surface area contributed by atoms with Gasteiger partial charge < -0.3 is 63.0 Å². The summed E-state index contributed by atoms with van der Waals surface area (Å²) in [4.78, 5) is 158. The number of carboxylic acids is 4. The first-order valence-electron chi connectivity index (χ1n) is 26.2. The maximum atomic E-state index is 13.4. The predicted molar refractivity (Wildman–Crippen MR) is 316 cm³/mol. The van der Waals surface area contributed by atoms with Gasteiger partial charge in [0.05, 0.1) is 22.6 Å². The highest BCUT2D eigenvalue weighted by molar-refractivity contribution is 7.29. The largest absolute Gasteiger partial charge is 0.481 e. The summed E-state index contributed by atoms with van der Waals surface area (Å²) < 4.78 is 0. The van der Waals surface area contributed by atoms with E-state index in [-0.39, 0.29) is 19.3 Å². The lowest BCUT2D eigenvalue weighted by Gasteiger charge is -2.23. The average Bonchev–Trinajstić information content (AvgIpc) is 3.37. The van der Waals surface area contributed by atoms with E-state index in [9.17, 15) is 67.7 Å². The highest BCUT2D eigenvalue weighted by Crippen LogP contribution is 2.43. The van der Waals surface area contributed by atoms with Crippen LogP contribution in [0, 0.1) is 0 Å². The molecule has 4 heterocycles. The van der Waals surface area contributed by atoms with Gasteiger partial charge in [0, 0.05) is 35.7 Å². The number of carbonyl (C=O) groups is 12. The summed E-state index contributed by atoms with van der Waals surface area (Å²) in [6, 6.07) is 21.0. The van der Waals surface area contributed by atoms with Crippen LogP contribution >= 0.6 is 45.3 Å². The summed E-state index contributed by atoms with van der Waals surface area (Å²) in [5.74, 6) is -12.1. The Bertz CT molecular complexity index is 3430. The molecule has 12 N–H and O–H groups in total. The molecular formula is C57H60N8O16S4. The highest BCUT2D eigenvalue weighted by atomic mass is 32.1. The van der Waals surface area contributed by atoms with Crippen molar-refractivity contribution in [2.24, 2.45) is 0 Å². The second kappa shape index (κ2) is 30.4. The molecule has 85 heavy (non-hydrogen) atoms. The van der Waals surface area contributed by atoms with Gasteiger partial charge in [0.2, 0.25) is 35.4 Å². The summed E-state index contributed by atoms with van der Waals surface area (Å²) in [6.07, 6.45) is -1.59. The first-order valence-corrected chi connectivity index (χ1v) is 29.4. The monoisotopic (exact) mass is 1240 g/mol. The predicted octanol–water partition coefficient (Wildman–Crippen LogP) is 4.11. The SMILES string of the molecule is C[C@H](NC(=O)c1ccc(-c2ccc(-c3ccc(-c4ccc(C(=O)N[C@H](C)C(=O)N[C@H](C)C(=O)N[C@H](CCc5ccccc5)C(=O)N[C@H](CC(=O)O)C(=O)O)s4)s3)s2)s1)C(=O)N[C@@H](C)C(=O)N[C@@H](Cc1ccccc1)C(=O)N[C@@H](CC(=O)O)C(=O)O. The smallest absolute Gasteiger partial charge is 0.326 e. The minimum atomic E-state index is -1.77. The van der Waals surface area contributed by atoms with Crippen LogP contribution in [0.15, 0.2) is 109 Å². The maximum Gasteiger partial charge on any atom is 0.326 e. The summed E-state index contributed by atoms with van der Waals surface area (Å²) in [7, 11) is 0. The Morgan fingerprint density at radius 3 is 1.06 bits per heavy atom. The van der Waals surface area contributed by atoms with Gasteiger partial charge in [-0.15, -0.1) is 45.3 Å². The molecule has 0 aliphatic carbocycles. The van der Waals surface area contributed by atoms with E-state index in [0.29, 0.717) is 15.3 Å². The van der Waals surface area contributed by atoms with E-state index < -0.39 is 132 Å². The van der Waals surface area contributed by atoms with E-state index in [4.69, 9.17) is 10.2 Å². The Kier molecular flexibility index (Phi) is 23.3. The molecule has 448 valence electrons. The molecule has 0 bridgehead atoms. The Balaban J connectivity index is 0.986. The quantitative estimate of drug-likeness (QED) is 0.0302. The van der Waals surface area contributed by atoms with Crippen molar-refractivity contribution in [1.29, 1.82) is 0 Å². The number of aliphatic carboxylic acids is 4. The van der Waals surface area contributed by atoms with Crippen LogP contribution in [-0.4, -0.2) is 140 Å². The fourth-order valence-electron chi connectivity index (χ4n) is 8.04. The third-order valence-electron chi connectivity index (χ3n) is 12.7. The van der Waals surface area contributed by atoms with Gasteiger partial charge in [0.1, 0.15) is 48.3 Å². The molecule has 8 atom stereocenters. The van der Waals surface area contributed by atoms with Gasteiger partial charge in [-0.1, -0.05) is 60.7 Å². The number of amides is 8. The van der Waals surface area contributed by atoms with Gasteiger partial charge in [-0.2, -0.15) is 0 Å². The van der Waals surface area contributed by atoms with E-state index in [2.05, 4.69) is 42.5 Å². The molecule has 0 aliphatic heterocycles. The number of carbonyl (C=O) groups excluding carboxylic acids is 8. The van der Waals surface area contributed by atoms with Gasteiger partial charge in [-0.05, 0) is 100 Å². The van der Waals surface area contributed by atoms with Crippen molar-refractivity contribution in [2.45, 2.75) is 108 Å². The van der Waals surface area contributed by atoms with Crippen LogP contribution in [0.4, 0.5) is 0 Å². The van der Waals surface area contributed by atoms with E-state index in [1.807, 2.05) is 24.3 Å². The minimum absolute atomic E-state index is 0.0121. The zero-order chi connectivity index (χ0) is 62.1. The van der Waals surface area contributed by atoms with E-state index in [0.717, 1.165) is 34.8 Å². The van der Waals surface area contributed by atoms with Gasteiger partial charge in [0.15, 0.2) is 0 Å². The fraction of sp³-hybridized carbons (Fsp3) is 0.298. The van der Waals surface area contributed by atoms with Crippen LogP contribution in [0.1, 0.15) is 77.4 Å². The van der Waals surface area contributed by atoms with Gasteiger partial charge in [-0.3, -0.25) is 47.9 Å². The number of rotatable bonds is 30. The van der Waals surface area contributed by atoms with Crippen molar-refractivity contribution >= 4 is 116 Å². The Labute approximate surface area is 501 Å².